The summed E-state index contributed by atoms with van der Waals surface area (Å²) in [5, 5.41) is 21.3. The Morgan fingerprint density at radius 2 is 2.26 bits per heavy atom. The summed E-state index contributed by atoms with van der Waals surface area (Å²) in [5.74, 6) is 0.734. The summed E-state index contributed by atoms with van der Waals surface area (Å²) in [5.41, 5.74) is 2.18. The van der Waals surface area contributed by atoms with Crippen LogP contribution in [0.2, 0.25) is 0 Å². The van der Waals surface area contributed by atoms with E-state index in [0.717, 1.165) is 29.2 Å². The molecule has 0 unspecified atom stereocenters. The zero-order valence-corrected chi connectivity index (χ0v) is 11.1. The first-order valence-electron chi connectivity index (χ1n) is 5.90. The third-order valence-corrected chi connectivity index (χ3v) is 3.55. The summed E-state index contributed by atoms with van der Waals surface area (Å²) in [6.45, 7) is 2.10. The van der Waals surface area contributed by atoms with Gasteiger partial charge in [0.05, 0.1) is 17.3 Å². The summed E-state index contributed by atoms with van der Waals surface area (Å²) in [6, 6.07) is 5.55. The predicted molar refractivity (Wildman–Crippen MR) is 70.6 cm³/mol. The molecule has 3 aromatic heterocycles. The summed E-state index contributed by atoms with van der Waals surface area (Å²) >= 11 is 1.32. The molecular formula is C12H10N6S. The Morgan fingerprint density at radius 1 is 1.37 bits per heavy atom. The second-order valence-electron chi connectivity index (χ2n) is 4.08. The van der Waals surface area contributed by atoms with Gasteiger partial charge >= 0.3 is 0 Å². The fraction of sp³-hybridized carbons (Fsp3) is 0.250. The quantitative estimate of drug-likeness (QED) is 0.728. The fourth-order valence-corrected chi connectivity index (χ4v) is 2.58. The van der Waals surface area contributed by atoms with Gasteiger partial charge in [-0.05, 0) is 24.0 Å². The Labute approximate surface area is 113 Å². The van der Waals surface area contributed by atoms with Crippen LogP contribution in [0.3, 0.4) is 0 Å². The molecule has 7 heteroatoms. The third-order valence-electron chi connectivity index (χ3n) is 2.78. The first-order valence-corrected chi connectivity index (χ1v) is 6.67. The minimum absolute atomic E-state index is 0.572. The molecule has 0 aliphatic rings. The lowest BCUT2D eigenvalue weighted by Gasteiger charge is -1.98. The zero-order valence-electron chi connectivity index (χ0n) is 10.2. The van der Waals surface area contributed by atoms with Crippen molar-refractivity contribution in [2.75, 3.05) is 0 Å². The Hall–Kier alpha value is -2.33. The minimum Gasteiger partial charge on any atom is -0.282 e. The molecule has 0 aliphatic carbocycles. The lowest BCUT2D eigenvalue weighted by atomic mass is 10.2. The Morgan fingerprint density at radius 3 is 3.05 bits per heavy atom. The van der Waals surface area contributed by atoms with Gasteiger partial charge in [-0.1, -0.05) is 17.8 Å². The van der Waals surface area contributed by atoms with Crippen LogP contribution in [0, 0.1) is 11.3 Å². The molecule has 0 N–H and O–H groups in total. The second-order valence-corrected chi connectivity index (χ2v) is 4.83. The van der Waals surface area contributed by atoms with Crippen molar-refractivity contribution < 1.29 is 0 Å². The molecule has 0 saturated carbocycles. The maximum Gasteiger partial charge on any atom is 0.182 e. The molecule has 0 spiro atoms. The van der Waals surface area contributed by atoms with E-state index in [4.69, 9.17) is 5.26 Å². The average molecular weight is 270 g/mol. The lowest BCUT2D eigenvalue weighted by Crippen LogP contribution is -1.92. The highest BCUT2D eigenvalue weighted by atomic mass is 32.1. The minimum atomic E-state index is 0.572. The maximum atomic E-state index is 8.88. The van der Waals surface area contributed by atoms with Crippen molar-refractivity contribution in [3.05, 3.63) is 29.6 Å². The van der Waals surface area contributed by atoms with Crippen LogP contribution >= 0.6 is 11.5 Å². The van der Waals surface area contributed by atoms with Crippen LogP contribution < -0.4 is 0 Å². The van der Waals surface area contributed by atoms with E-state index in [0.29, 0.717) is 11.2 Å². The summed E-state index contributed by atoms with van der Waals surface area (Å²) in [6.07, 6.45) is 3.68. The first-order chi connectivity index (χ1) is 9.33. The van der Waals surface area contributed by atoms with Crippen LogP contribution in [0.5, 0.6) is 0 Å². The number of hydrogen-bond donors (Lipinski definition) is 0. The Kier molecular flexibility index (Phi) is 2.93. The van der Waals surface area contributed by atoms with E-state index >= 15 is 0 Å². The van der Waals surface area contributed by atoms with Crippen molar-refractivity contribution in [1.29, 1.82) is 5.26 Å². The fourth-order valence-electron chi connectivity index (χ4n) is 1.89. The van der Waals surface area contributed by atoms with Crippen molar-refractivity contribution >= 4 is 17.2 Å². The van der Waals surface area contributed by atoms with Crippen LogP contribution in [0.4, 0.5) is 0 Å². The number of aryl methyl sites for hydroxylation is 1. The van der Waals surface area contributed by atoms with Crippen molar-refractivity contribution in [2.24, 2.45) is 0 Å². The van der Waals surface area contributed by atoms with E-state index in [2.05, 4.69) is 32.8 Å². The number of pyridine rings is 1. The second kappa shape index (κ2) is 4.74. The molecule has 6 nitrogen and oxygen atoms in total. The molecule has 0 radical (unpaired) electrons. The van der Waals surface area contributed by atoms with Crippen LogP contribution in [0.15, 0.2) is 18.3 Å². The normalized spacial score (nSPS) is 10.7. The number of nitriles is 1. The van der Waals surface area contributed by atoms with Crippen molar-refractivity contribution in [3.8, 4) is 16.8 Å². The van der Waals surface area contributed by atoms with Gasteiger partial charge in [0.25, 0.3) is 0 Å². The average Bonchev–Trinajstić information content (AvgIpc) is 3.04. The van der Waals surface area contributed by atoms with E-state index in [1.54, 1.807) is 18.3 Å². The monoisotopic (exact) mass is 270 g/mol. The van der Waals surface area contributed by atoms with E-state index < -0.39 is 0 Å². The van der Waals surface area contributed by atoms with Gasteiger partial charge < -0.3 is 0 Å². The van der Waals surface area contributed by atoms with E-state index in [9.17, 15) is 0 Å². The van der Waals surface area contributed by atoms with Gasteiger partial charge in [0.15, 0.2) is 11.5 Å². The number of nitrogens with zero attached hydrogens (tertiary/aromatic N) is 6. The molecule has 0 fully saturated rings. The molecule has 3 heterocycles. The highest BCUT2D eigenvalue weighted by Gasteiger charge is 2.16. The molecule has 3 rings (SSSR count). The molecule has 0 saturated heterocycles. The molecule has 0 bridgehead atoms. The van der Waals surface area contributed by atoms with Gasteiger partial charge in [0.2, 0.25) is 0 Å². The topological polar surface area (TPSA) is 79.8 Å². The van der Waals surface area contributed by atoms with E-state index in [1.165, 1.54) is 11.5 Å². The van der Waals surface area contributed by atoms with Gasteiger partial charge in [0, 0.05) is 12.3 Å². The molecular weight excluding hydrogens is 260 g/mol. The molecule has 0 atom stereocenters. The van der Waals surface area contributed by atoms with Crippen LogP contribution in [-0.4, -0.2) is 24.2 Å². The van der Waals surface area contributed by atoms with E-state index in [1.807, 2.05) is 4.40 Å². The van der Waals surface area contributed by atoms with Crippen molar-refractivity contribution in [3.63, 3.8) is 0 Å². The van der Waals surface area contributed by atoms with Crippen LogP contribution in [0.25, 0.3) is 16.3 Å². The van der Waals surface area contributed by atoms with Crippen LogP contribution in [-0.2, 0) is 6.42 Å². The lowest BCUT2D eigenvalue weighted by molar-refractivity contribution is 0.869. The van der Waals surface area contributed by atoms with Gasteiger partial charge in [-0.25, -0.2) is 0 Å². The highest BCUT2D eigenvalue weighted by molar-refractivity contribution is 7.09. The molecule has 3 aromatic rings. The summed E-state index contributed by atoms with van der Waals surface area (Å²) < 4.78 is 5.85. The maximum absolute atomic E-state index is 8.88. The largest absolute Gasteiger partial charge is 0.282 e. The number of hydrogen-bond acceptors (Lipinski definition) is 6. The zero-order chi connectivity index (χ0) is 13.2. The standard InChI is InChI=1S/C12H10N6S/c1-2-3-9-11(19-17-14-9)12-16-15-10-6-8(7-13)4-5-18(10)12/h4-6H,2-3H2,1H3. The predicted octanol–water partition coefficient (Wildman–Crippen LogP) is 2.07. The SMILES string of the molecule is CCCc1nnsc1-c1nnc2cc(C#N)ccn12. The van der Waals surface area contributed by atoms with Gasteiger partial charge in [0.1, 0.15) is 4.88 Å². The van der Waals surface area contributed by atoms with Crippen molar-refractivity contribution in [2.45, 2.75) is 19.8 Å². The molecule has 0 aliphatic heterocycles. The number of rotatable bonds is 3. The highest BCUT2D eigenvalue weighted by Crippen LogP contribution is 2.25. The van der Waals surface area contributed by atoms with Gasteiger partial charge in [-0.3, -0.25) is 4.40 Å². The first kappa shape index (κ1) is 11.7. The smallest absolute Gasteiger partial charge is 0.182 e. The third kappa shape index (κ3) is 1.96. The van der Waals surface area contributed by atoms with Gasteiger partial charge in [-0.15, -0.1) is 15.3 Å². The molecule has 94 valence electrons. The Balaban J connectivity index is 2.15. The molecule has 0 amide bonds. The van der Waals surface area contributed by atoms with E-state index in [-0.39, 0.29) is 0 Å². The Bertz CT molecular complexity index is 766. The van der Waals surface area contributed by atoms with Gasteiger partial charge in [-0.2, -0.15) is 5.26 Å². The summed E-state index contributed by atoms with van der Waals surface area (Å²) in [7, 11) is 0. The number of aromatic nitrogens is 5. The molecule has 0 aromatic carbocycles. The van der Waals surface area contributed by atoms with Crippen molar-refractivity contribution in [1.82, 2.24) is 24.2 Å². The molecule has 19 heavy (non-hydrogen) atoms. The number of fused-ring (bicyclic) bond motifs is 1. The van der Waals surface area contributed by atoms with Crippen LogP contribution in [0.1, 0.15) is 24.6 Å². The summed E-state index contributed by atoms with van der Waals surface area (Å²) in [4.78, 5) is 0.944.